The van der Waals surface area contributed by atoms with E-state index in [1.807, 2.05) is 6.92 Å². The molecule has 0 bridgehead atoms. The molecule has 1 N–H and O–H groups in total. The van der Waals surface area contributed by atoms with Gasteiger partial charge in [-0.2, -0.15) is 13.2 Å². The van der Waals surface area contributed by atoms with Crippen LogP contribution in [-0.2, 0) is 0 Å². The van der Waals surface area contributed by atoms with E-state index < -0.39 is 18.8 Å². The molecule has 0 radical (unpaired) electrons. The highest BCUT2D eigenvalue weighted by molar-refractivity contribution is 5.94. The van der Waals surface area contributed by atoms with Crippen molar-refractivity contribution in [1.29, 1.82) is 0 Å². The lowest BCUT2D eigenvalue weighted by Gasteiger charge is -2.35. The largest absolute Gasteiger partial charge is 0.496 e. The van der Waals surface area contributed by atoms with Gasteiger partial charge in [-0.3, -0.25) is 9.69 Å². The van der Waals surface area contributed by atoms with Gasteiger partial charge < -0.3 is 14.7 Å². The second kappa shape index (κ2) is 7.40. The van der Waals surface area contributed by atoms with Crippen LogP contribution in [0.4, 0.5) is 13.2 Å². The van der Waals surface area contributed by atoms with Gasteiger partial charge in [-0.1, -0.05) is 6.07 Å². The number of methoxy groups -OCH3 is 1. The van der Waals surface area contributed by atoms with Gasteiger partial charge in [0, 0.05) is 38.3 Å². The maximum Gasteiger partial charge on any atom is 0.415 e. The van der Waals surface area contributed by atoms with Crippen LogP contribution in [0.2, 0.25) is 0 Å². The van der Waals surface area contributed by atoms with Crippen LogP contribution >= 0.6 is 0 Å². The highest BCUT2D eigenvalue weighted by Gasteiger charge is 2.39. The number of hydrogen-bond acceptors (Lipinski definition) is 4. The summed E-state index contributed by atoms with van der Waals surface area (Å²) in [5.74, 6) is 0.442. The fourth-order valence-corrected chi connectivity index (χ4v) is 2.62. The number of carbonyl (C=O) groups is 1. The van der Waals surface area contributed by atoms with E-state index in [0.29, 0.717) is 37.5 Å². The molecule has 1 fully saturated rings. The van der Waals surface area contributed by atoms with E-state index in [0.717, 1.165) is 5.56 Å². The van der Waals surface area contributed by atoms with Crippen molar-refractivity contribution < 1.29 is 27.8 Å². The van der Waals surface area contributed by atoms with Crippen molar-refractivity contribution in [2.45, 2.75) is 19.2 Å². The Balaban J connectivity index is 1.93. The van der Waals surface area contributed by atoms with Crippen molar-refractivity contribution in [3.8, 4) is 5.75 Å². The minimum atomic E-state index is -4.62. The summed E-state index contributed by atoms with van der Waals surface area (Å²) in [7, 11) is 1.53. The molecule has 1 aromatic rings. The fourth-order valence-electron chi connectivity index (χ4n) is 2.62. The molecule has 8 heteroatoms. The van der Waals surface area contributed by atoms with Crippen molar-refractivity contribution in [3.05, 3.63) is 29.3 Å². The summed E-state index contributed by atoms with van der Waals surface area (Å²) < 4.78 is 42.3. The van der Waals surface area contributed by atoms with Crippen molar-refractivity contribution in [2.24, 2.45) is 0 Å². The Morgan fingerprint density at radius 2 is 1.92 bits per heavy atom. The van der Waals surface area contributed by atoms with Gasteiger partial charge in [-0.15, -0.1) is 0 Å². The van der Waals surface area contributed by atoms with E-state index in [1.165, 1.54) is 12.0 Å². The number of aliphatic hydroxyl groups excluding tert-OH is 1. The van der Waals surface area contributed by atoms with Crippen LogP contribution in [0.5, 0.6) is 5.75 Å². The van der Waals surface area contributed by atoms with Crippen LogP contribution in [0.25, 0.3) is 0 Å². The zero-order valence-electron chi connectivity index (χ0n) is 13.6. The average Bonchev–Trinajstić information content (AvgIpc) is 2.54. The van der Waals surface area contributed by atoms with Crippen molar-refractivity contribution in [3.63, 3.8) is 0 Å². The van der Waals surface area contributed by atoms with Gasteiger partial charge >= 0.3 is 6.18 Å². The predicted octanol–water partition coefficient (Wildman–Crippen LogP) is 1.68. The molecule has 1 aromatic carbocycles. The number of nitrogens with zero attached hydrogens (tertiary/aromatic N) is 2. The molecule has 0 unspecified atom stereocenters. The lowest BCUT2D eigenvalue weighted by molar-refractivity contribution is -0.208. The molecular weight excluding hydrogens is 325 g/mol. The monoisotopic (exact) mass is 346 g/mol. The number of rotatable bonds is 4. The number of carbonyl (C=O) groups excluding carboxylic acids is 1. The third kappa shape index (κ3) is 4.39. The summed E-state index contributed by atoms with van der Waals surface area (Å²) in [6.45, 7) is 2.63. The fraction of sp³-hybridized carbons (Fsp3) is 0.562. The Kier molecular flexibility index (Phi) is 5.71. The van der Waals surface area contributed by atoms with Gasteiger partial charge in [-0.25, -0.2) is 0 Å². The highest BCUT2D eigenvalue weighted by atomic mass is 19.4. The number of aliphatic hydroxyl groups is 1. The smallest absolute Gasteiger partial charge is 0.415 e. The summed E-state index contributed by atoms with van der Waals surface area (Å²) >= 11 is 0. The minimum absolute atomic E-state index is 0.177. The van der Waals surface area contributed by atoms with E-state index in [1.54, 1.807) is 23.1 Å². The Labute approximate surface area is 138 Å². The molecule has 5 nitrogen and oxygen atoms in total. The molecule has 134 valence electrons. The number of ether oxygens (including phenoxy) is 1. The molecule has 2 rings (SSSR count). The Bertz CT molecular complexity index is 584. The Morgan fingerprint density at radius 3 is 2.46 bits per heavy atom. The topological polar surface area (TPSA) is 53.0 Å². The van der Waals surface area contributed by atoms with E-state index >= 15 is 0 Å². The number of amides is 1. The lowest BCUT2D eigenvalue weighted by atomic mass is 10.1. The maximum absolute atomic E-state index is 12.5. The normalized spacial score (nSPS) is 17.7. The first-order valence-corrected chi connectivity index (χ1v) is 7.63. The number of halogens is 3. The lowest BCUT2D eigenvalue weighted by Crippen LogP contribution is -2.52. The first kappa shape index (κ1) is 18.5. The van der Waals surface area contributed by atoms with E-state index in [9.17, 15) is 18.0 Å². The molecule has 24 heavy (non-hydrogen) atoms. The van der Waals surface area contributed by atoms with Crippen LogP contribution in [-0.4, -0.2) is 72.9 Å². The van der Waals surface area contributed by atoms with Crippen molar-refractivity contribution >= 4 is 5.91 Å². The third-order valence-electron chi connectivity index (χ3n) is 4.12. The minimum Gasteiger partial charge on any atom is -0.496 e. The highest BCUT2D eigenvalue weighted by Crippen LogP contribution is 2.22. The molecule has 0 spiro atoms. The summed E-state index contributed by atoms with van der Waals surface area (Å²) in [6, 6.07) is 5.17. The standard InChI is InChI=1S/C16H21F3N2O3/c1-11-3-4-12(9-13(11)24-2)15(23)21-7-5-20(6-8-21)10-14(22)16(17,18)19/h3-4,9,14,22H,5-8,10H2,1-2H3/t14-/m0/s1. The molecule has 1 aliphatic rings. The van der Waals surface area contributed by atoms with E-state index in [2.05, 4.69) is 0 Å². The molecule has 0 aliphatic carbocycles. The number of aryl methyl sites for hydroxylation is 1. The quantitative estimate of drug-likeness (QED) is 0.901. The summed E-state index contributed by atoms with van der Waals surface area (Å²) in [5.41, 5.74) is 1.40. The van der Waals surface area contributed by atoms with Crippen LogP contribution in [0.15, 0.2) is 18.2 Å². The number of piperazine rings is 1. The molecule has 1 heterocycles. The summed E-state index contributed by atoms with van der Waals surface area (Å²) in [5, 5.41) is 9.11. The molecule has 0 aromatic heterocycles. The molecule has 1 amide bonds. The number of benzene rings is 1. The zero-order valence-corrected chi connectivity index (χ0v) is 13.6. The number of β-amino-alcohol motifs (C(OH)–C–C–N with tert-alkyl or cyclic N) is 1. The van der Waals surface area contributed by atoms with Crippen molar-refractivity contribution in [2.75, 3.05) is 39.8 Å². The van der Waals surface area contributed by atoms with Gasteiger partial charge in [0.25, 0.3) is 5.91 Å². The van der Waals surface area contributed by atoms with Crippen LogP contribution < -0.4 is 4.74 Å². The number of alkyl halides is 3. The predicted molar refractivity (Wildman–Crippen MR) is 82.1 cm³/mol. The van der Waals surface area contributed by atoms with Gasteiger partial charge in [0.2, 0.25) is 0 Å². The van der Waals surface area contributed by atoms with Crippen molar-refractivity contribution in [1.82, 2.24) is 9.80 Å². The molecular formula is C16H21F3N2O3. The summed E-state index contributed by atoms with van der Waals surface area (Å²) in [4.78, 5) is 15.6. The molecule has 1 saturated heterocycles. The van der Waals surface area contributed by atoms with Gasteiger partial charge in [0.1, 0.15) is 5.75 Å². The second-order valence-electron chi connectivity index (χ2n) is 5.83. The SMILES string of the molecule is COc1cc(C(=O)N2CCN(C[C@H](O)C(F)(F)F)CC2)ccc1C. The third-order valence-corrected chi connectivity index (χ3v) is 4.12. The second-order valence-corrected chi connectivity index (χ2v) is 5.83. The summed E-state index contributed by atoms with van der Waals surface area (Å²) in [6.07, 6.45) is -6.98. The van der Waals surface area contributed by atoms with E-state index in [-0.39, 0.29) is 5.91 Å². The Morgan fingerprint density at radius 1 is 1.29 bits per heavy atom. The molecule has 0 saturated carbocycles. The maximum atomic E-state index is 12.5. The van der Waals surface area contributed by atoms with Crippen LogP contribution in [0.3, 0.4) is 0 Å². The zero-order chi connectivity index (χ0) is 17.9. The van der Waals surface area contributed by atoms with Crippen LogP contribution in [0.1, 0.15) is 15.9 Å². The first-order chi connectivity index (χ1) is 11.2. The van der Waals surface area contributed by atoms with Gasteiger partial charge in [0.05, 0.1) is 7.11 Å². The first-order valence-electron chi connectivity index (χ1n) is 7.63. The van der Waals surface area contributed by atoms with Crippen LogP contribution in [0, 0.1) is 6.92 Å². The Hall–Kier alpha value is -1.80. The molecule has 1 atom stereocenters. The van der Waals surface area contributed by atoms with E-state index in [4.69, 9.17) is 9.84 Å². The molecule has 1 aliphatic heterocycles. The number of hydrogen-bond donors (Lipinski definition) is 1. The van der Waals surface area contributed by atoms with Gasteiger partial charge in [-0.05, 0) is 24.6 Å². The van der Waals surface area contributed by atoms with Gasteiger partial charge in [0.15, 0.2) is 6.10 Å². The average molecular weight is 346 g/mol.